The zero-order valence-corrected chi connectivity index (χ0v) is 14.0. The van der Waals surface area contributed by atoms with Gasteiger partial charge in [-0.2, -0.15) is 0 Å². The van der Waals surface area contributed by atoms with Crippen molar-refractivity contribution in [1.29, 1.82) is 0 Å². The van der Waals surface area contributed by atoms with Crippen molar-refractivity contribution in [3.05, 3.63) is 41.4 Å². The topological polar surface area (TPSA) is 20.3 Å². The Balaban J connectivity index is 0.000000191. The van der Waals surface area contributed by atoms with Crippen LogP contribution in [0.15, 0.2) is 35.9 Å². The van der Waals surface area contributed by atoms with E-state index in [9.17, 15) is 4.79 Å². The molecule has 0 radical (unpaired) electrons. The van der Waals surface area contributed by atoms with Crippen LogP contribution in [-0.4, -0.2) is 23.8 Å². The summed E-state index contributed by atoms with van der Waals surface area (Å²) in [5.41, 5.74) is 2.64. The van der Waals surface area contributed by atoms with Gasteiger partial charge in [-0.3, -0.25) is 4.79 Å². The van der Waals surface area contributed by atoms with Gasteiger partial charge in [0.2, 0.25) is 5.91 Å². The third-order valence-electron chi connectivity index (χ3n) is 2.78. The number of carbonyl (C=O) groups is 1. The molecule has 1 amide bonds. The molecule has 1 aromatic rings. The molecule has 0 bridgehead atoms. The van der Waals surface area contributed by atoms with Crippen molar-refractivity contribution < 1.29 is 4.79 Å². The van der Waals surface area contributed by atoms with E-state index in [2.05, 4.69) is 6.66 Å². The van der Waals surface area contributed by atoms with Gasteiger partial charge in [-0.15, -0.1) is 0 Å². The molecule has 3 unspecified atom stereocenters. The Morgan fingerprint density at radius 2 is 2.05 bits per heavy atom. The van der Waals surface area contributed by atoms with Gasteiger partial charge in [0.1, 0.15) is 0 Å². The highest BCUT2D eigenvalue weighted by Crippen LogP contribution is 2.40. The van der Waals surface area contributed by atoms with Crippen molar-refractivity contribution in [3.63, 3.8) is 0 Å². The molecule has 1 aliphatic rings. The summed E-state index contributed by atoms with van der Waals surface area (Å²) in [6, 6.07) is 9.93. The fourth-order valence-electron chi connectivity index (χ4n) is 1.71. The number of halogens is 1. The first-order valence-electron chi connectivity index (χ1n) is 6.24. The zero-order chi connectivity index (χ0) is 14.1. The summed E-state index contributed by atoms with van der Waals surface area (Å²) in [6.07, 6.45) is 2.91. The fraction of sp³-hybridized carbons (Fsp3) is 0.357. The second kappa shape index (κ2) is 9.48. The lowest BCUT2D eigenvalue weighted by molar-refractivity contribution is -0.126. The summed E-state index contributed by atoms with van der Waals surface area (Å²) >= 11 is 5.36. The zero-order valence-electron chi connectivity index (χ0n) is 11.3. The van der Waals surface area contributed by atoms with Crippen LogP contribution in [0.1, 0.15) is 18.9 Å². The molecular formula is C14H20ClNOP2. The summed E-state index contributed by atoms with van der Waals surface area (Å²) in [5, 5.41) is 0. The van der Waals surface area contributed by atoms with E-state index in [4.69, 9.17) is 11.6 Å². The van der Waals surface area contributed by atoms with Gasteiger partial charge in [0.15, 0.2) is 0 Å². The van der Waals surface area contributed by atoms with Crippen LogP contribution >= 0.6 is 28.3 Å². The standard InChI is InChI=1S/C8H7Cl.C6H13NOP2/c9-7-6-8-4-2-1-3-5-8;1-5-3-4-7(6(5)8)10-9-2/h1-7H;5,9-10H,3-4H2,1-2H3/b7-6+;. The first-order valence-corrected chi connectivity index (χ1v) is 10.1. The summed E-state index contributed by atoms with van der Waals surface area (Å²) < 4.78 is 2.00. The summed E-state index contributed by atoms with van der Waals surface area (Å²) in [6.45, 7) is 5.17. The van der Waals surface area contributed by atoms with Gasteiger partial charge in [0, 0.05) is 26.4 Å². The van der Waals surface area contributed by atoms with Gasteiger partial charge in [-0.05, 0) is 24.7 Å². The van der Waals surface area contributed by atoms with E-state index < -0.39 is 0 Å². The van der Waals surface area contributed by atoms with Crippen molar-refractivity contribution in [2.75, 3.05) is 13.2 Å². The molecule has 1 fully saturated rings. The Morgan fingerprint density at radius 1 is 1.37 bits per heavy atom. The summed E-state index contributed by atoms with van der Waals surface area (Å²) in [4.78, 5) is 11.2. The molecule has 1 heterocycles. The smallest absolute Gasteiger partial charge is 0.228 e. The van der Waals surface area contributed by atoms with Crippen LogP contribution in [0.5, 0.6) is 0 Å². The number of nitrogens with zero attached hydrogens (tertiary/aromatic N) is 1. The second-order valence-electron chi connectivity index (χ2n) is 4.24. The predicted molar refractivity (Wildman–Crippen MR) is 89.4 cm³/mol. The van der Waals surface area contributed by atoms with Crippen molar-refractivity contribution >= 4 is 40.3 Å². The van der Waals surface area contributed by atoms with Gasteiger partial charge < -0.3 is 4.67 Å². The minimum Gasteiger partial charge on any atom is -0.321 e. The number of rotatable bonds is 3. The number of hydrogen-bond donors (Lipinski definition) is 0. The molecule has 1 saturated heterocycles. The average Bonchev–Trinajstić information content (AvgIpc) is 2.74. The molecular weight excluding hydrogens is 296 g/mol. The maximum atomic E-state index is 11.2. The van der Waals surface area contributed by atoms with Crippen LogP contribution < -0.4 is 0 Å². The number of benzene rings is 1. The molecule has 2 rings (SSSR count). The lowest BCUT2D eigenvalue weighted by Crippen LogP contribution is -2.16. The molecule has 2 nitrogen and oxygen atoms in total. The molecule has 0 N–H and O–H groups in total. The largest absolute Gasteiger partial charge is 0.321 e. The van der Waals surface area contributed by atoms with Crippen molar-refractivity contribution in [2.24, 2.45) is 5.92 Å². The van der Waals surface area contributed by atoms with Crippen LogP contribution in [0.25, 0.3) is 6.08 Å². The van der Waals surface area contributed by atoms with Crippen LogP contribution in [0.3, 0.4) is 0 Å². The van der Waals surface area contributed by atoms with E-state index in [-0.39, 0.29) is 0 Å². The minimum absolute atomic E-state index is 0.295. The maximum Gasteiger partial charge on any atom is 0.228 e. The van der Waals surface area contributed by atoms with E-state index in [1.807, 2.05) is 48.0 Å². The highest BCUT2D eigenvalue weighted by atomic mass is 35.5. The third kappa shape index (κ3) is 6.04. The molecule has 0 saturated carbocycles. The molecule has 0 aromatic heterocycles. The third-order valence-corrected chi connectivity index (χ3v) is 5.32. The Kier molecular flexibility index (Phi) is 8.30. The molecule has 104 valence electrons. The van der Waals surface area contributed by atoms with Crippen LogP contribution in [0.4, 0.5) is 0 Å². The van der Waals surface area contributed by atoms with E-state index in [1.165, 1.54) is 5.54 Å². The minimum atomic E-state index is 0.295. The highest BCUT2D eigenvalue weighted by Gasteiger charge is 2.26. The lowest BCUT2D eigenvalue weighted by atomic mass is 10.1. The predicted octanol–water partition coefficient (Wildman–Crippen LogP) is 4.57. The lowest BCUT2D eigenvalue weighted by Gasteiger charge is -2.13. The van der Waals surface area contributed by atoms with Gasteiger partial charge in [-0.1, -0.05) is 57.1 Å². The molecule has 19 heavy (non-hydrogen) atoms. The van der Waals surface area contributed by atoms with Crippen LogP contribution in [-0.2, 0) is 4.79 Å². The number of amides is 1. The summed E-state index contributed by atoms with van der Waals surface area (Å²) in [7, 11) is 1.65. The average molecular weight is 316 g/mol. The molecule has 1 aromatic carbocycles. The van der Waals surface area contributed by atoms with Crippen molar-refractivity contribution in [3.8, 4) is 0 Å². The quantitative estimate of drug-likeness (QED) is 0.748. The number of carbonyl (C=O) groups excluding carboxylic acids is 1. The maximum absolute atomic E-state index is 11.2. The van der Waals surface area contributed by atoms with Gasteiger partial charge in [0.05, 0.1) is 0 Å². The first-order chi connectivity index (χ1) is 9.19. The molecule has 5 heteroatoms. The van der Waals surface area contributed by atoms with Gasteiger partial charge in [0.25, 0.3) is 0 Å². The van der Waals surface area contributed by atoms with Gasteiger partial charge in [-0.25, -0.2) is 0 Å². The molecule has 3 atom stereocenters. The molecule has 1 aliphatic heterocycles. The van der Waals surface area contributed by atoms with Crippen molar-refractivity contribution in [2.45, 2.75) is 13.3 Å². The van der Waals surface area contributed by atoms with E-state index in [1.54, 1.807) is 0 Å². The first kappa shape index (κ1) is 16.6. The molecule has 0 spiro atoms. The summed E-state index contributed by atoms with van der Waals surface area (Å²) in [5.74, 6) is 0.663. The SMILES string of the molecule is CPPN1CCC(C)C1=O.Cl/C=C/c1ccccc1. The Hall–Kier alpha value is -0.420. The van der Waals surface area contributed by atoms with Crippen molar-refractivity contribution in [1.82, 2.24) is 4.67 Å². The van der Waals surface area contributed by atoms with E-state index in [0.29, 0.717) is 11.8 Å². The van der Waals surface area contributed by atoms with Crippen LogP contribution in [0.2, 0.25) is 0 Å². The van der Waals surface area contributed by atoms with E-state index in [0.717, 1.165) is 35.2 Å². The second-order valence-corrected chi connectivity index (χ2v) is 7.93. The van der Waals surface area contributed by atoms with Crippen LogP contribution in [0, 0.1) is 5.92 Å². The monoisotopic (exact) mass is 315 g/mol. The molecule has 0 aliphatic carbocycles. The Morgan fingerprint density at radius 3 is 2.53 bits per heavy atom. The Bertz CT molecular complexity index is 409. The van der Waals surface area contributed by atoms with Gasteiger partial charge >= 0.3 is 0 Å². The van der Waals surface area contributed by atoms with E-state index >= 15 is 0 Å². The highest BCUT2D eigenvalue weighted by molar-refractivity contribution is 8.10. The normalized spacial score (nSPS) is 19.8. The fourth-order valence-corrected chi connectivity index (χ4v) is 4.17. The number of hydrogen-bond acceptors (Lipinski definition) is 1. The Labute approximate surface area is 124 Å².